The first kappa shape index (κ1) is 19.8. The largest absolute Gasteiger partial charge is 0.494 e. The number of aromatic nitrogens is 2. The first-order chi connectivity index (χ1) is 14.4. The van der Waals surface area contributed by atoms with Gasteiger partial charge in [-0.15, -0.1) is 0 Å². The lowest BCUT2D eigenvalue weighted by molar-refractivity contribution is -0.122. The van der Waals surface area contributed by atoms with Crippen LogP contribution in [0.2, 0.25) is 5.02 Å². The predicted molar refractivity (Wildman–Crippen MR) is 111 cm³/mol. The number of amides is 2. The minimum absolute atomic E-state index is 0.0217. The van der Waals surface area contributed by atoms with Gasteiger partial charge in [0.1, 0.15) is 29.8 Å². The zero-order chi connectivity index (χ0) is 21.3. The van der Waals surface area contributed by atoms with Crippen LogP contribution >= 0.6 is 11.6 Å². The summed E-state index contributed by atoms with van der Waals surface area (Å²) in [6.45, 7) is 0. The average molecular weight is 430 g/mol. The molecule has 1 saturated heterocycles. The van der Waals surface area contributed by atoms with Gasteiger partial charge in [-0.2, -0.15) is 0 Å². The lowest BCUT2D eigenvalue weighted by Gasteiger charge is -2.16. The molecule has 8 nitrogen and oxygen atoms in total. The Hall–Kier alpha value is -3.46. The molecule has 2 amide bonds. The highest BCUT2D eigenvalue weighted by Crippen LogP contribution is 2.33. The molecule has 1 atom stereocenters. The van der Waals surface area contributed by atoms with Crippen molar-refractivity contribution in [1.29, 1.82) is 0 Å². The number of halogens is 2. The summed E-state index contributed by atoms with van der Waals surface area (Å²) in [4.78, 5) is 32.4. The number of nitrogens with one attached hydrogen (secondary N) is 3. The molecule has 3 N–H and O–H groups in total. The minimum atomic E-state index is -0.594. The molecule has 154 valence electrons. The van der Waals surface area contributed by atoms with Gasteiger partial charge in [0.05, 0.1) is 23.3 Å². The lowest BCUT2D eigenvalue weighted by atomic mass is 10.1. The standard InChI is InChI=1S/C20H17ClFN5O3/c1-30-17-8-15-11(7-16(17)27-20(29)14-4-5-18(28)26-14)19(24-9-23-15)25-10-2-3-13(22)12(21)6-10/h2-3,6-9,14H,4-5H2,1H3,(H,26,28)(H,27,29)(H,23,24,25)/t14-/m0/s1. The fourth-order valence-corrected chi connectivity index (χ4v) is 3.37. The third-order valence-electron chi connectivity index (χ3n) is 4.71. The lowest BCUT2D eigenvalue weighted by Crippen LogP contribution is -2.37. The summed E-state index contributed by atoms with van der Waals surface area (Å²) in [6.07, 6.45) is 2.12. The van der Waals surface area contributed by atoms with Gasteiger partial charge in [-0.05, 0) is 30.7 Å². The molecular weight excluding hydrogens is 413 g/mol. The number of anilines is 3. The number of ether oxygens (including phenoxy) is 1. The molecule has 4 rings (SSSR count). The van der Waals surface area contributed by atoms with Gasteiger partial charge in [0.25, 0.3) is 0 Å². The van der Waals surface area contributed by atoms with Crippen molar-refractivity contribution in [2.24, 2.45) is 0 Å². The molecule has 3 aromatic rings. The minimum Gasteiger partial charge on any atom is -0.494 e. The van der Waals surface area contributed by atoms with Gasteiger partial charge < -0.3 is 20.7 Å². The number of hydrogen-bond donors (Lipinski definition) is 3. The monoisotopic (exact) mass is 429 g/mol. The molecule has 2 aromatic carbocycles. The number of carbonyl (C=O) groups is 2. The van der Waals surface area contributed by atoms with Crippen molar-refractivity contribution in [2.45, 2.75) is 18.9 Å². The molecule has 0 spiro atoms. The average Bonchev–Trinajstić information content (AvgIpc) is 3.17. The summed E-state index contributed by atoms with van der Waals surface area (Å²) in [5, 5.41) is 9.08. The molecule has 30 heavy (non-hydrogen) atoms. The fourth-order valence-electron chi connectivity index (χ4n) is 3.19. The Balaban J connectivity index is 1.68. The second-order valence-electron chi connectivity index (χ2n) is 6.69. The summed E-state index contributed by atoms with van der Waals surface area (Å²) in [5.41, 5.74) is 1.52. The summed E-state index contributed by atoms with van der Waals surface area (Å²) in [6, 6.07) is 6.98. The van der Waals surface area contributed by atoms with E-state index in [0.717, 1.165) is 0 Å². The van der Waals surface area contributed by atoms with Crippen LogP contribution in [0.3, 0.4) is 0 Å². The van der Waals surface area contributed by atoms with Crippen LogP contribution in [0.15, 0.2) is 36.7 Å². The Morgan fingerprint density at radius 3 is 2.83 bits per heavy atom. The second-order valence-corrected chi connectivity index (χ2v) is 7.10. The zero-order valence-electron chi connectivity index (χ0n) is 15.8. The fraction of sp³-hybridized carbons (Fsp3) is 0.200. The Labute approximate surface area is 175 Å². The molecule has 0 unspecified atom stereocenters. The van der Waals surface area contributed by atoms with Gasteiger partial charge in [0.15, 0.2) is 0 Å². The first-order valence-electron chi connectivity index (χ1n) is 9.09. The van der Waals surface area contributed by atoms with Gasteiger partial charge in [0.2, 0.25) is 11.8 Å². The maximum Gasteiger partial charge on any atom is 0.247 e. The van der Waals surface area contributed by atoms with E-state index >= 15 is 0 Å². The van der Waals surface area contributed by atoms with Crippen molar-refractivity contribution < 1.29 is 18.7 Å². The van der Waals surface area contributed by atoms with Crippen LogP contribution < -0.4 is 20.7 Å². The predicted octanol–water partition coefficient (Wildman–Crippen LogP) is 3.39. The third kappa shape index (κ3) is 3.97. The highest BCUT2D eigenvalue weighted by atomic mass is 35.5. The molecule has 10 heteroatoms. The van der Waals surface area contributed by atoms with E-state index < -0.39 is 11.9 Å². The van der Waals surface area contributed by atoms with Crippen LogP contribution in [0.25, 0.3) is 10.9 Å². The van der Waals surface area contributed by atoms with Crippen molar-refractivity contribution in [3.63, 3.8) is 0 Å². The summed E-state index contributed by atoms with van der Waals surface area (Å²) in [5.74, 6) is -0.165. The number of carbonyl (C=O) groups excluding carboxylic acids is 2. The van der Waals surface area contributed by atoms with Crippen molar-refractivity contribution in [1.82, 2.24) is 15.3 Å². The Morgan fingerprint density at radius 1 is 1.30 bits per heavy atom. The van der Waals surface area contributed by atoms with Crippen molar-refractivity contribution in [2.75, 3.05) is 17.7 Å². The highest BCUT2D eigenvalue weighted by molar-refractivity contribution is 6.31. The quantitative estimate of drug-likeness (QED) is 0.574. The maximum absolute atomic E-state index is 13.4. The van der Waals surface area contributed by atoms with Gasteiger partial charge in [-0.25, -0.2) is 14.4 Å². The molecule has 1 aromatic heterocycles. The first-order valence-corrected chi connectivity index (χ1v) is 9.47. The topological polar surface area (TPSA) is 105 Å². The normalized spacial score (nSPS) is 15.7. The van der Waals surface area contributed by atoms with Gasteiger partial charge in [-0.3, -0.25) is 9.59 Å². The van der Waals surface area contributed by atoms with Crippen LogP contribution in [-0.2, 0) is 9.59 Å². The molecule has 1 aliphatic rings. The van der Waals surface area contributed by atoms with Gasteiger partial charge in [0, 0.05) is 23.6 Å². The number of rotatable bonds is 5. The number of methoxy groups -OCH3 is 1. The molecule has 0 bridgehead atoms. The summed E-state index contributed by atoms with van der Waals surface area (Å²) < 4.78 is 18.8. The van der Waals surface area contributed by atoms with Gasteiger partial charge >= 0.3 is 0 Å². The van der Waals surface area contributed by atoms with E-state index in [9.17, 15) is 14.0 Å². The summed E-state index contributed by atoms with van der Waals surface area (Å²) in [7, 11) is 1.48. The Kier molecular flexibility index (Phi) is 5.37. The van der Waals surface area contributed by atoms with E-state index in [-0.39, 0.29) is 16.8 Å². The SMILES string of the molecule is COc1cc2ncnc(Nc3ccc(F)c(Cl)c3)c2cc1NC(=O)[C@@H]1CCC(=O)N1. The van der Waals surface area contributed by atoms with E-state index in [1.165, 1.54) is 31.6 Å². The van der Waals surface area contributed by atoms with Crippen LogP contribution in [0, 0.1) is 5.82 Å². The van der Waals surface area contributed by atoms with Crippen LogP contribution in [-0.4, -0.2) is 34.9 Å². The van der Waals surface area contributed by atoms with Crippen molar-refractivity contribution in [3.05, 3.63) is 47.5 Å². The van der Waals surface area contributed by atoms with Crippen LogP contribution in [0.5, 0.6) is 5.75 Å². The number of benzene rings is 2. The Morgan fingerprint density at radius 2 is 2.13 bits per heavy atom. The van der Waals surface area contributed by atoms with Crippen LogP contribution in [0.4, 0.5) is 21.6 Å². The molecule has 0 aliphatic carbocycles. The number of hydrogen-bond acceptors (Lipinski definition) is 6. The smallest absolute Gasteiger partial charge is 0.247 e. The van der Waals surface area contributed by atoms with E-state index in [4.69, 9.17) is 16.3 Å². The Bertz CT molecular complexity index is 1160. The van der Waals surface area contributed by atoms with E-state index in [1.807, 2.05) is 0 Å². The third-order valence-corrected chi connectivity index (χ3v) is 5.00. The number of fused-ring (bicyclic) bond motifs is 1. The maximum atomic E-state index is 13.4. The van der Waals surface area contributed by atoms with E-state index in [1.54, 1.807) is 12.1 Å². The molecule has 1 fully saturated rings. The second kappa shape index (κ2) is 8.11. The molecule has 0 saturated carbocycles. The number of nitrogens with zero attached hydrogens (tertiary/aromatic N) is 2. The molecule has 0 radical (unpaired) electrons. The van der Waals surface area contributed by atoms with Crippen LogP contribution in [0.1, 0.15) is 12.8 Å². The van der Waals surface area contributed by atoms with Gasteiger partial charge in [-0.1, -0.05) is 11.6 Å². The molecule has 2 heterocycles. The molecule has 1 aliphatic heterocycles. The van der Waals surface area contributed by atoms with E-state index in [0.29, 0.717) is 46.7 Å². The van der Waals surface area contributed by atoms with Crippen molar-refractivity contribution in [3.8, 4) is 5.75 Å². The van der Waals surface area contributed by atoms with Crippen molar-refractivity contribution >= 4 is 51.5 Å². The highest BCUT2D eigenvalue weighted by Gasteiger charge is 2.28. The van der Waals surface area contributed by atoms with E-state index in [2.05, 4.69) is 25.9 Å². The molecular formula is C20H17ClFN5O3. The zero-order valence-corrected chi connectivity index (χ0v) is 16.6. The summed E-state index contributed by atoms with van der Waals surface area (Å²) >= 11 is 5.85.